The zero-order valence-corrected chi connectivity index (χ0v) is 12.0. The lowest BCUT2D eigenvalue weighted by Crippen LogP contribution is -2.28. The quantitative estimate of drug-likeness (QED) is 0.656. The molecular formula is C11H22BBrO2. The van der Waals surface area contributed by atoms with E-state index in [0.717, 1.165) is 17.3 Å². The molecule has 0 N–H and O–H groups in total. The first kappa shape index (κ1) is 15.2. The Kier molecular flexibility index (Phi) is 8.48. The molecule has 15 heavy (non-hydrogen) atoms. The van der Waals surface area contributed by atoms with Crippen LogP contribution >= 0.6 is 15.9 Å². The van der Waals surface area contributed by atoms with E-state index in [1.165, 1.54) is 0 Å². The molecule has 0 atom stereocenters. The molecule has 0 unspecified atom stereocenters. The van der Waals surface area contributed by atoms with E-state index in [-0.39, 0.29) is 19.3 Å². The molecule has 0 aromatic rings. The average Bonchev–Trinajstić information content (AvgIpc) is 2.00. The summed E-state index contributed by atoms with van der Waals surface area (Å²) in [6.45, 7) is 10.2. The Labute approximate surface area is 103 Å². The number of halogens is 1. The maximum atomic E-state index is 5.65. The number of hydrogen-bond acceptors (Lipinski definition) is 2. The Hall–Kier alpha value is 0.205. The van der Waals surface area contributed by atoms with E-state index >= 15 is 0 Å². The lowest BCUT2D eigenvalue weighted by Gasteiger charge is -2.17. The van der Waals surface area contributed by atoms with E-state index in [1.807, 2.05) is 33.7 Å². The van der Waals surface area contributed by atoms with Gasteiger partial charge in [0.25, 0.3) is 0 Å². The van der Waals surface area contributed by atoms with Gasteiger partial charge in [0.15, 0.2) is 0 Å². The summed E-state index contributed by atoms with van der Waals surface area (Å²) >= 11 is 3.52. The normalized spacial score (nSPS) is 12.7. The fourth-order valence-corrected chi connectivity index (χ4v) is 1.73. The second-order valence-corrected chi connectivity index (χ2v) is 5.12. The van der Waals surface area contributed by atoms with Crippen molar-refractivity contribution in [2.75, 3.05) is 0 Å². The largest absolute Gasteiger partial charge is 0.487 e. The third kappa shape index (κ3) is 9.15. The van der Waals surface area contributed by atoms with Crippen LogP contribution in [0.15, 0.2) is 10.5 Å². The van der Waals surface area contributed by atoms with Crippen LogP contribution in [0.4, 0.5) is 0 Å². The molecule has 0 aromatic carbocycles. The fourth-order valence-electron chi connectivity index (χ4n) is 1.12. The van der Waals surface area contributed by atoms with Crippen LogP contribution in [0, 0.1) is 0 Å². The molecule has 0 rings (SSSR count). The Bertz CT molecular complexity index is 183. The van der Waals surface area contributed by atoms with Crippen LogP contribution in [0.5, 0.6) is 0 Å². The van der Waals surface area contributed by atoms with E-state index in [1.54, 1.807) is 0 Å². The summed E-state index contributed by atoms with van der Waals surface area (Å²) in [5, 5.41) is 0. The maximum Gasteiger partial charge on any atom is 0.487 e. The van der Waals surface area contributed by atoms with Gasteiger partial charge in [-0.05, 0) is 44.6 Å². The fraction of sp³-hybridized carbons (Fsp3) is 0.818. The van der Waals surface area contributed by atoms with Crippen LogP contribution in [0.2, 0.25) is 0 Å². The van der Waals surface area contributed by atoms with Crippen molar-refractivity contribution in [3.63, 3.8) is 0 Å². The molecule has 2 nitrogen and oxygen atoms in total. The molecular weight excluding hydrogens is 255 g/mol. The highest BCUT2D eigenvalue weighted by Gasteiger charge is 2.18. The number of rotatable bonds is 7. The molecule has 4 heteroatoms. The van der Waals surface area contributed by atoms with Crippen LogP contribution < -0.4 is 0 Å². The van der Waals surface area contributed by atoms with Gasteiger partial charge in [-0.3, -0.25) is 0 Å². The minimum atomic E-state index is -0.245. The first-order chi connectivity index (χ1) is 6.95. The molecule has 88 valence electrons. The molecule has 0 spiro atoms. The van der Waals surface area contributed by atoms with E-state index in [2.05, 4.69) is 22.9 Å². The van der Waals surface area contributed by atoms with Gasteiger partial charge in [0.05, 0.1) is 0 Å². The van der Waals surface area contributed by atoms with Crippen LogP contribution in [-0.2, 0) is 9.31 Å². The molecule has 0 radical (unpaired) electrons. The minimum Gasteiger partial charge on any atom is -0.405 e. The molecule has 0 amide bonds. The van der Waals surface area contributed by atoms with Crippen LogP contribution in [0.3, 0.4) is 0 Å². The first-order valence-electron chi connectivity index (χ1n) is 5.62. The summed E-state index contributed by atoms with van der Waals surface area (Å²) < 4.78 is 12.4. The van der Waals surface area contributed by atoms with Crippen molar-refractivity contribution in [3.8, 4) is 0 Å². The minimum absolute atomic E-state index is 0.173. The highest BCUT2D eigenvalue weighted by Crippen LogP contribution is 2.14. The van der Waals surface area contributed by atoms with E-state index < -0.39 is 0 Å². The Morgan fingerprint density at radius 1 is 1.20 bits per heavy atom. The van der Waals surface area contributed by atoms with Crippen molar-refractivity contribution in [2.24, 2.45) is 0 Å². The SMILES string of the molecule is CCC/C(Br)=C/B(OC(C)C)OC(C)C. The molecule has 0 aliphatic carbocycles. The van der Waals surface area contributed by atoms with Gasteiger partial charge in [0.2, 0.25) is 0 Å². The molecule has 0 aliphatic rings. The summed E-state index contributed by atoms with van der Waals surface area (Å²) in [6, 6.07) is 0. The lowest BCUT2D eigenvalue weighted by molar-refractivity contribution is 0.138. The summed E-state index contributed by atoms with van der Waals surface area (Å²) in [7, 11) is -0.245. The van der Waals surface area contributed by atoms with Gasteiger partial charge in [-0.25, -0.2) is 0 Å². The predicted molar refractivity (Wildman–Crippen MR) is 70.1 cm³/mol. The Morgan fingerprint density at radius 3 is 2.00 bits per heavy atom. The molecule has 0 bridgehead atoms. The van der Waals surface area contributed by atoms with E-state index in [9.17, 15) is 0 Å². The van der Waals surface area contributed by atoms with Crippen molar-refractivity contribution in [1.29, 1.82) is 0 Å². The molecule has 0 aromatic heterocycles. The standard InChI is InChI=1S/C11H22BBrO2/c1-6-7-11(13)8-12(14-9(2)3)15-10(4)5/h8-10H,6-7H2,1-5H3/b11-8-. The predicted octanol–water partition coefficient (Wildman–Crippen LogP) is 3.94. The van der Waals surface area contributed by atoms with E-state index in [4.69, 9.17) is 9.31 Å². The van der Waals surface area contributed by atoms with Crippen molar-refractivity contribution in [3.05, 3.63) is 10.5 Å². The number of allylic oxidation sites excluding steroid dienone is 1. The zero-order valence-electron chi connectivity index (χ0n) is 10.4. The zero-order chi connectivity index (χ0) is 11.8. The second-order valence-electron chi connectivity index (χ2n) is 4.10. The second kappa shape index (κ2) is 8.37. The Balaban J connectivity index is 4.28. The van der Waals surface area contributed by atoms with Gasteiger partial charge < -0.3 is 9.31 Å². The summed E-state index contributed by atoms with van der Waals surface area (Å²) in [6.07, 6.45) is 2.49. The smallest absolute Gasteiger partial charge is 0.405 e. The van der Waals surface area contributed by atoms with Gasteiger partial charge in [-0.1, -0.05) is 29.3 Å². The lowest BCUT2D eigenvalue weighted by atomic mass is 9.88. The van der Waals surface area contributed by atoms with Gasteiger partial charge in [-0.15, -0.1) is 0 Å². The van der Waals surface area contributed by atoms with Crippen LogP contribution in [0.1, 0.15) is 47.5 Å². The van der Waals surface area contributed by atoms with Gasteiger partial charge in [-0.2, -0.15) is 0 Å². The van der Waals surface area contributed by atoms with Crippen molar-refractivity contribution < 1.29 is 9.31 Å². The molecule has 0 aliphatic heterocycles. The monoisotopic (exact) mass is 276 g/mol. The van der Waals surface area contributed by atoms with Gasteiger partial charge in [0.1, 0.15) is 0 Å². The van der Waals surface area contributed by atoms with Gasteiger partial charge >= 0.3 is 7.12 Å². The molecule has 0 saturated heterocycles. The topological polar surface area (TPSA) is 18.5 Å². The molecule has 0 fully saturated rings. The Morgan fingerprint density at radius 2 is 1.67 bits per heavy atom. The summed E-state index contributed by atoms with van der Waals surface area (Å²) in [4.78, 5) is 0. The molecule has 0 heterocycles. The summed E-state index contributed by atoms with van der Waals surface area (Å²) in [5.74, 6) is 2.00. The third-order valence-electron chi connectivity index (χ3n) is 1.62. The van der Waals surface area contributed by atoms with Crippen molar-refractivity contribution in [2.45, 2.75) is 59.7 Å². The molecule has 0 saturated carbocycles. The maximum absolute atomic E-state index is 5.65. The van der Waals surface area contributed by atoms with Crippen LogP contribution in [0.25, 0.3) is 0 Å². The highest BCUT2D eigenvalue weighted by molar-refractivity contribution is 9.11. The highest BCUT2D eigenvalue weighted by atomic mass is 79.9. The van der Waals surface area contributed by atoms with Crippen molar-refractivity contribution in [1.82, 2.24) is 0 Å². The number of hydrogen-bond donors (Lipinski definition) is 0. The van der Waals surface area contributed by atoms with Crippen molar-refractivity contribution >= 4 is 23.0 Å². The third-order valence-corrected chi connectivity index (χ3v) is 2.28. The van der Waals surface area contributed by atoms with E-state index in [0.29, 0.717) is 0 Å². The van der Waals surface area contributed by atoms with Crippen LogP contribution in [-0.4, -0.2) is 19.3 Å². The van der Waals surface area contributed by atoms with Gasteiger partial charge in [0, 0.05) is 12.2 Å². The average molecular weight is 277 g/mol. The summed E-state index contributed by atoms with van der Waals surface area (Å²) in [5.41, 5.74) is 0. The first-order valence-corrected chi connectivity index (χ1v) is 6.42.